The first-order valence-corrected chi connectivity index (χ1v) is 15.2. The van der Waals surface area contributed by atoms with E-state index in [2.05, 4.69) is 20.2 Å². The van der Waals surface area contributed by atoms with Crippen molar-refractivity contribution in [2.45, 2.75) is 43.1 Å². The number of fused-ring (bicyclic) bond motifs is 2. The molecule has 0 N–H and O–H groups in total. The van der Waals surface area contributed by atoms with Crippen LogP contribution in [0.3, 0.4) is 0 Å². The first-order valence-electron chi connectivity index (χ1n) is 13.4. The van der Waals surface area contributed by atoms with Gasteiger partial charge in [0, 0.05) is 24.3 Å². The van der Waals surface area contributed by atoms with Crippen molar-refractivity contribution in [3.63, 3.8) is 0 Å². The van der Waals surface area contributed by atoms with Gasteiger partial charge < -0.3 is 0 Å². The average Bonchev–Trinajstić information content (AvgIpc) is 3.60. The molecule has 0 saturated heterocycles. The highest BCUT2D eigenvalue weighted by Gasteiger charge is 2.53. The van der Waals surface area contributed by atoms with Gasteiger partial charge in [0.2, 0.25) is 0 Å². The molecule has 230 valence electrons. The summed E-state index contributed by atoms with van der Waals surface area (Å²) in [6, 6.07) is 7.29. The molecular weight excluding hydrogens is 626 g/mol. The second kappa shape index (κ2) is 10.9. The maximum absolute atomic E-state index is 14.4. The van der Waals surface area contributed by atoms with Gasteiger partial charge in [-0.25, -0.2) is 22.5 Å². The van der Waals surface area contributed by atoms with Gasteiger partial charge in [-0.15, -0.1) is 5.10 Å². The Bertz CT molecular complexity index is 1890. The number of carbonyl (C=O) groups is 1. The maximum Gasteiger partial charge on any atom is 0.402 e. The molecule has 0 bridgehead atoms. The molecule has 6 rings (SSSR count). The lowest BCUT2D eigenvalue weighted by atomic mass is 9.60. The minimum absolute atomic E-state index is 0.00459. The third-order valence-electron chi connectivity index (χ3n) is 7.96. The lowest BCUT2D eigenvalue weighted by Crippen LogP contribution is -2.53. The molecule has 4 aromatic rings. The number of benzene rings is 1. The van der Waals surface area contributed by atoms with Crippen molar-refractivity contribution in [2.75, 3.05) is 6.54 Å². The summed E-state index contributed by atoms with van der Waals surface area (Å²) in [5.74, 6) is -0.930. The molecule has 1 fully saturated rings. The monoisotopic (exact) mass is 649 g/mol. The Balaban J connectivity index is 1.46. The van der Waals surface area contributed by atoms with E-state index in [4.69, 9.17) is 11.6 Å². The van der Waals surface area contributed by atoms with E-state index in [0.717, 1.165) is 11.0 Å². The summed E-state index contributed by atoms with van der Waals surface area (Å²) in [4.78, 5) is 22.3. The van der Waals surface area contributed by atoms with Crippen molar-refractivity contribution in [2.24, 2.45) is 12.5 Å². The summed E-state index contributed by atoms with van der Waals surface area (Å²) >= 11 is 6.17. The van der Waals surface area contributed by atoms with Crippen LogP contribution in [0.25, 0.3) is 11.8 Å². The number of rotatable bonds is 7. The summed E-state index contributed by atoms with van der Waals surface area (Å²) < 4.78 is 85.5. The Kier molecular flexibility index (Phi) is 7.45. The lowest BCUT2D eigenvalue weighted by molar-refractivity contribution is -0.140. The fourth-order valence-electron chi connectivity index (χ4n) is 6.02. The van der Waals surface area contributed by atoms with E-state index in [1.165, 1.54) is 43.7 Å². The van der Waals surface area contributed by atoms with Gasteiger partial charge in [-0.2, -0.15) is 22.6 Å². The van der Waals surface area contributed by atoms with Crippen molar-refractivity contribution in [3.05, 3.63) is 88.5 Å². The number of Topliss-reactive ketones (excluding diaryl/α,β-unsaturated/α-hetero) is 1. The number of hydrogen-bond acceptors (Lipinski definition) is 7. The highest BCUT2D eigenvalue weighted by Crippen LogP contribution is 2.51. The number of carbonyl (C=O) groups excluding carboxylic acids is 1. The Morgan fingerprint density at radius 3 is 2.59 bits per heavy atom. The number of hydrogen-bond donors (Lipinski definition) is 0. The number of aryl methyl sites for hydroxylation is 1. The van der Waals surface area contributed by atoms with Crippen LogP contribution in [0.15, 0.2) is 65.8 Å². The molecule has 0 amide bonds. The van der Waals surface area contributed by atoms with E-state index >= 15 is 0 Å². The number of sulfonamides is 1. The summed E-state index contributed by atoms with van der Waals surface area (Å²) in [6.07, 6.45) is 0.683. The molecule has 1 aromatic carbocycles. The summed E-state index contributed by atoms with van der Waals surface area (Å²) in [6.45, 7) is -1.79. The van der Waals surface area contributed by atoms with E-state index < -0.39 is 51.0 Å². The second-order valence-corrected chi connectivity index (χ2v) is 13.0. The van der Waals surface area contributed by atoms with Crippen molar-refractivity contribution >= 4 is 33.5 Å². The van der Waals surface area contributed by atoms with Gasteiger partial charge in [-0.1, -0.05) is 17.2 Å². The zero-order chi connectivity index (χ0) is 31.4. The van der Waals surface area contributed by atoms with Gasteiger partial charge in [-0.05, 0) is 73.7 Å². The molecule has 44 heavy (non-hydrogen) atoms. The van der Waals surface area contributed by atoms with E-state index in [9.17, 15) is 30.8 Å². The van der Waals surface area contributed by atoms with Crippen LogP contribution in [0.4, 0.5) is 17.6 Å². The number of pyridine rings is 1. The Morgan fingerprint density at radius 2 is 1.93 bits per heavy atom. The predicted molar refractivity (Wildman–Crippen MR) is 150 cm³/mol. The van der Waals surface area contributed by atoms with Crippen LogP contribution in [0.5, 0.6) is 0 Å². The molecule has 0 radical (unpaired) electrons. The number of halogens is 5. The number of aromatic nitrogens is 6. The van der Waals surface area contributed by atoms with Crippen molar-refractivity contribution in [3.8, 4) is 5.69 Å². The van der Waals surface area contributed by atoms with E-state index in [1.54, 1.807) is 22.9 Å². The van der Waals surface area contributed by atoms with E-state index in [-0.39, 0.29) is 36.4 Å². The Morgan fingerprint density at radius 1 is 1.18 bits per heavy atom. The van der Waals surface area contributed by atoms with Crippen LogP contribution in [0.1, 0.15) is 41.0 Å². The molecule has 0 aliphatic heterocycles. The number of ketones is 1. The van der Waals surface area contributed by atoms with E-state index in [1.807, 2.05) is 0 Å². The van der Waals surface area contributed by atoms with Crippen LogP contribution in [0.2, 0.25) is 5.02 Å². The van der Waals surface area contributed by atoms with Crippen LogP contribution < -0.4 is 0 Å². The smallest absolute Gasteiger partial charge is 0.291 e. The zero-order valence-corrected chi connectivity index (χ0v) is 24.6. The van der Waals surface area contributed by atoms with Crippen molar-refractivity contribution in [1.82, 2.24) is 33.8 Å². The highest BCUT2D eigenvalue weighted by atomic mass is 35.5. The number of allylic oxidation sites excluding steroid dienone is 1. The van der Waals surface area contributed by atoms with Crippen LogP contribution in [-0.2, 0) is 23.5 Å². The first kappa shape index (κ1) is 30.1. The van der Waals surface area contributed by atoms with E-state index in [0.29, 0.717) is 26.8 Å². The molecule has 0 unspecified atom stereocenters. The highest BCUT2D eigenvalue weighted by molar-refractivity contribution is 7.89. The maximum atomic E-state index is 14.4. The Labute approximate surface area is 254 Å². The van der Waals surface area contributed by atoms with Gasteiger partial charge in [0.15, 0.2) is 5.78 Å². The molecule has 10 nitrogen and oxygen atoms in total. The summed E-state index contributed by atoms with van der Waals surface area (Å²) in [5, 5.41) is 7.67. The van der Waals surface area contributed by atoms with Gasteiger partial charge in [-0.3, -0.25) is 14.5 Å². The molecule has 16 heteroatoms. The fourth-order valence-corrected chi connectivity index (χ4v) is 7.69. The van der Waals surface area contributed by atoms with Crippen LogP contribution >= 0.6 is 11.6 Å². The summed E-state index contributed by atoms with van der Waals surface area (Å²) in [5.41, 5.74) is 0.933. The molecule has 0 spiro atoms. The van der Waals surface area contributed by atoms with Gasteiger partial charge in [0.25, 0.3) is 15.2 Å². The predicted octanol–water partition coefficient (Wildman–Crippen LogP) is 4.80. The minimum Gasteiger partial charge on any atom is -0.291 e. The minimum atomic E-state index is -4.89. The fraction of sp³-hybridized carbons (Fsp3) is 0.321. The quantitative estimate of drug-likeness (QED) is 0.209. The third kappa shape index (κ3) is 5.43. The standard InChI is InChI=1S/C28H24ClF4N7O3S/c1-38-16-35-26(37-38)44(42,43)39(15-28(31,32)33)22-5-2-18-10-24-17(14-36-40(24)21-6-3-20(30)4-7-21)12-27(18,13-22)25(41)23-11-19(29)8-9-34-23/h3-4,6-11,14,16,22H,2,5,12-13,15H2,1H3/t22-,27-/m0/s1. The molecule has 2 aliphatic rings. The van der Waals surface area contributed by atoms with Gasteiger partial charge in [0.1, 0.15) is 24.4 Å². The lowest BCUT2D eigenvalue weighted by Gasteiger charge is -2.46. The van der Waals surface area contributed by atoms with Gasteiger partial charge in [0.05, 0.1) is 23.0 Å². The summed E-state index contributed by atoms with van der Waals surface area (Å²) in [7, 11) is -3.42. The molecular formula is C28H24ClF4N7O3S. The second-order valence-electron chi connectivity index (χ2n) is 10.8. The van der Waals surface area contributed by atoms with Crippen LogP contribution in [0, 0.1) is 11.2 Å². The zero-order valence-electron chi connectivity index (χ0n) is 23.0. The normalized spacial score (nSPS) is 20.2. The number of nitrogens with zero attached hydrogens (tertiary/aromatic N) is 7. The topological polar surface area (TPSA) is 116 Å². The van der Waals surface area contributed by atoms with Crippen molar-refractivity contribution in [1.29, 1.82) is 0 Å². The number of alkyl halides is 3. The molecule has 2 aliphatic carbocycles. The molecule has 2 atom stereocenters. The SMILES string of the molecule is Cn1cnc(S(=O)(=O)N(CC(F)(F)F)[C@H]2CCC3=Cc4c(cnn4-c4ccc(F)cc4)C[C@]3(C(=O)c3cc(Cl)ccn3)C2)n1. The largest absolute Gasteiger partial charge is 0.402 e. The third-order valence-corrected chi connectivity index (χ3v) is 9.88. The van der Waals surface area contributed by atoms with Crippen LogP contribution in [-0.4, -0.2) is 66.8 Å². The first-order chi connectivity index (χ1) is 20.8. The molecule has 3 aromatic heterocycles. The van der Waals surface area contributed by atoms with Gasteiger partial charge >= 0.3 is 6.18 Å². The molecule has 3 heterocycles. The van der Waals surface area contributed by atoms with Crippen molar-refractivity contribution < 1.29 is 30.8 Å². The molecule has 1 saturated carbocycles. The average molecular weight is 650 g/mol. The Hall–Kier alpha value is -3.95.